The first-order valence-electron chi connectivity index (χ1n) is 9.20. The van der Waals surface area contributed by atoms with Crippen LogP contribution >= 0.6 is 0 Å². The molecular formula is C20H20FN7O2. The molecular weight excluding hydrogens is 389 g/mol. The molecule has 0 aliphatic carbocycles. The zero-order chi connectivity index (χ0) is 21.3. The first-order chi connectivity index (χ1) is 14.4. The summed E-state index contributed by atoms with van der Waals surface area (Å²) in [6.07, 6.45) is 3.10. The molecule has 2 N–H and O–H groups in total. The number of nitrogens with zero attached hydrogens (tertiary/aromatic N) is 6. The summed E-state index contributed by atoms with van der Waals surface area (Å²) >= 11 is 0. The Morgan fingerprint density at radius 2 is 2.17 bits per heavy atom. The SMILES string of the molecule is C=C(NOC(C)(C)CO)c1cnc2nnn(Cc3cc4cccnc4cc3F)c2n1. The molecule has 0 aliphatic heterocycles. The van der Waals surface area contributed by atoms with E-state index in [1.165, 1.54) is 16.9 Å². The highest BCUT2D eigenvalue weighted by Gasteiger charge is 2.19. The van der Waals surface area contributed by atoms with Crippen LogP contribution in [0.1, 0.15) is 25.1 Å². The Balaban J connectivity index is 1.62. The predicted molar refractivity (Wildman–Crippen MR) is 108 cm³/mol. The molecule has 0 amide bonds. The molecule has 4 aromatic rings. The summed E-state index contributed by atoms with van der Waals surface area (Å²) in [7, 11) is 0. The minimum absolute atomic E-state index is 0.124. The average molecular weight is 409 g/mol. The smallest absolute Gasteiger partial charge is 0.221 e. The molecule has 0 unspecified atom stereocenters. The Bertz CT molecular complexity index is 1240. The first kappa shape index (κ1) is 19.8. The van der Waals surface area contributed by atoms with Gasteiger partial charge in [0.25, 0.3) is 0 Å². The van der Waals surface area contributed by atoms with Crippen LogP contribution in [0, 0.1) is 5.82 Å². The molecule has 0 saturated carbocycles. The van der Waals surface area contributed by atoms with Gasteiger partial charge in [-0.3, -0.25) is 15.3 Å². The van der Waals surface area contributed by atoms with Gasteiger partial charge in [-0.15, -0.1) is 5.10 Å². The van der Waals surface area contributed by atoms with Gasteiger partial charge in [-0.25, -0.2) is 19.0 Å². The Morgan fingerprint density at radius 3 is 2.97 bits per heavy atom. The number of aromatic nitrogens is 6. The molecule has 0 aliphatic rings. The van der Waals surface area contributed by atoms with Crippen LogP contribution in [0.25, 0.3) is 27.9 Å². The number of hydroxylamine groups is 1. The number of aliphatic hydroxyl groups is 1. The monoisotopic (exact) mass is 409 g/mol. The van der Waals surface area contributed by atoms with E-state index in [2.05, 4.69) is 37.3 Å². The van der Waals surface area contributed by atoms with Crippen molar-refractivity contribution in [1.82, 2.24) is 35.4 Å². The summed E-state index contributed by atoms with van der Waals surface area (Å²) in [5.41, 5.74) is 4.34. The molecule has 30 heavy (non-hydrogen) atoms. The van der Waals surface area contributed by atoms with Gasteiger partial charge < -0.3 is 5.11 Å². The number of fused-ring (bicyclic) bond motifs is 2. The van der Waals surface area contributed by atoms with Gasteiger partial charge in [0.15, 0.2) is 5.65 Å². The Labute approximate surface area is 171 Å². The third kappa shape index (κ3) is 3.95. The van der Waals surface area contributed by atoms with E-state index in [4.69, 9.17) is 4.84 Å². The number of nitrogens with one attached hydrogen (secondary N) is 1. The highest BCUT2D eigenvalue weighted by Crippen LogP contribution is 2.20. The third-order valence-corrected chi connectivity index (χ3v) is 4.46. The zero-order valence-electron chi connectivity index (χ0n) is 16.5. The Morgan fingerprint density at radius 1 is 1.33 bits per heavy atom. The van der Waals surface area contributed by atoms with E-state index in [9.17, 15) is 9.50 Å². The van der Waals surface area contributed by atoms with Crippen molar-refractivity contribution in [2.24, 2.45) is 0 Å². The van der Waals surface area contributed by atoms with Crippen LogP contribution in [-0.4, -0.2) is 47.3 Å². The van der Waals surface area contributed by atoms with Crippen molar-refractivity contribution in [3.05, 3.63) is 60.3 Å². The molecule has 4 rings (SSSR count). The molecule has 9 nitrogen and oxygen atoms in total. The van der Waals surface area contributed by atoms with Gasteiger partial charge in [-0.1, -0.05) is 17.9 Å². The van der Waals surface area contributed by atoms with Crippen LogP contribution in [0.5, 0.6) is 0 Å². The number of aliphatic hydroxyl groups excluding tert-OH is 1. The van der Waals surface area contributed by atoms with E-state index in [1.54, 1.807) is 32.2 Å². The summed E-state index contributed by atoms with van der Waals surface area (Å²) in [6, 6.07) is 6.79. The summed E-state index contributed by atoms with van der Waals surface area (Å²) < 4.78 is 16.0. The molecule has 10 heteroatoms. The number of rotatable bonds is 7. The third-order valence-electron chi connectivity index (χ3n) is 4.46. The van der Waals surface area contributed by atoms with Crippen molar-refractivity contribution in [2.75, 3.05) is 6.61 Å². The normalized spacial score (nSPS) is 11.9. The number of hydrogen-bond acceptors (Lipinski definition) is 8. The lowest BCUT2D eigenvalue weighted by Gasteiger charge is -2.23. The molecule has 0 spiro atoms. The van der Waals surface area contributed by atoms with Crippen LogP contribution in [0.2, 0.25) is 0 Å². The van der Waals surface area contributed by atoms with Crippen LogP contribution in [0.15, 0.2) is 43.2 Å². The van der Waals surface area contributed by atoms with E-state index in [0.717, 1.165) is 5.39 Å². The van der Waals surface area contributed by atoms with Gasteiger partial charge in [-0.05, 0) is 26.0 Å². The van der Waals surface area contributed by atoms with E-state index in [1.807, 2.05) is 6.07 Å². The lowest BCUT2D eigenvalue weighted by Crippen LogP contribution is -2.35. The standard InChI is InChI=1S/C20H20FN7O2/c1-12(26-30-20(2,3)11-29)17-9-23-18-19(24-17)28(27-25-18)10-14-7-13-5-4-6-22-16(13)8-15(14)21/h4-9,26,29H,1,10-11H2,2-3H3. The molecule has 0 radical (unpaired) electrons. The van der Waals surface area contributed by atoms with Crippen molar-refractivity contribution in [3.8, 4) is 0 Å². The fourth-order valence-electron chi connectivity index (χ4n) is 2.72. The van der Waals surface area contributed by atoms with Gasteiger partial charge >= 0.3 is 0 Å². The minimum Gasteiger partial charge on any atom is -0.393 e. The molecule has 0 saturated heterocycles. The van der Waals surface area contributed by atoms with Crippen molar-refractivity contribution < 1.29 is 14.3 Å². The number of benzene rings is 1. The van der Waals surface area contributed by atoms with Gasteiger partial charge in [0, 0.05) is 23.2 Å². The predicted octanol–water partition coefficient (Wildman–Crippen LogP) is 2.22. The average Bonchev–Trinajstić information content (AvgIpc) is 3.14. The Hall–Kier alpha value is -3.50. The fraction of sp³-hybridized carbons (Fsp3) is 0.250. The number of pyridine rings is 1. The fourth-order valence-corrected chi connectivity index (χ4v) is 2.72. The summed E-state index contributed by atoms with van der Waals surface area (Å²) in [6.45, 7) is 7.26. The second kappa shape index (κ2) is 7.73. The maximum absolute atomic E-state index is 14.6. The highest BCUT2D eigenvalue weighted by molar-refractivity contribution is 5.79. The molecule has 1 aromatic carbocycles. The summed E-state index contributed by atoms with van der Waals surface area (Å²) in [5, 5.41) is 18.2. The molecule has 3 aromatic heterocycles. The van der Waals surface area contributed by atoms with Gasteiger partial charge in [0.05, 0.1) is 30.6 Å². The van der Waals surface area contributed by atoms with E-state index in [0.29, 0.717) is 33.8 Å². The van der Waals surface area contributed by atoms with Crippen LogP contribution in [0.4, 0.5) is 4.39 Å². The Kier molecular flexibility index (Phi) is 5.10. The van der Waals surface area contributed by atoms with E-state index >= 15 is 0 Å². The van der Waals surface area contributed by atoms with Crippen LogP contribution < -0.4 is 5.48 Å². The van der Waals surface area contributed by atoms with Crippen molar-refractivity contribution in [1.29, 1.82) is 0 Å². The maximum atomic E-state index is 14.6. The van der Waals surface area contributed by atoms with Gasteiger partial charge in [0.1, 0.15) is 17.1 Å². The van der Waals surface area contributed by atoms with Crippen molar-refractivity contribution >= 4 is 27.9 Å². The lowest BCUT2D eigenvalue weighted by atomic mass is 10.1. The molecule has 0 atom stereocenters. The van der Waals surface area contributed by atoms with Crippen LogP contribution in [0.3, 0.4) is 0 Å². The van der Waals surface area contributed by atoms with Crippen molar-refractivity contribution in [3.63, 3.8) is 0 Å². The van der Waals surface area contributed by atoms with Crippen molar-refractivity contribution in [2.45, 2.75) is 26.0 Å². The van der Waals surface area contributed by atoms with E-state index < -0.39 is 5.60 Å². The molecule has 154 valence electrons. The van der Waals surface area contributed by atoms with Gasteiger partial charge in [-0.2, -0.15) is 0 Å². The topological polar surface area (TPSA) is 111 Å². The quantitative estimate of drug-likeness (QED) is 0.447. The summed E-state index contributed by atoms with van der Waals surface area (Å²) in [4.78, 5) is 18.3. The minimum atomic E-state index is -0.799. The number of hydrogen-bond donors (Lipinski definition) is 2. The first-order valence-corrected chi connectivity index (χ1v) is 9.20. The molecule has 0 fully saturated rings. The number of halogens is 1. The second-order valence-electron chi connectivity index (χ2n) is 7.39. The zero-order valence-corrected chi connectivity index (χ0v) is 16.5. The second-order valence-corrected chi connectivity index (χ2v) is 7.39. The summed E-state index contributed by atoms with van der Waals surface area (Å²) in [5.74, 6) is -0.389. The van der Waals surface area contributed by atoms with Crippen LogP contribution in [-0.2, 0) is 11.4 Å². The largest absolute Gasteiger partial charge is 0.393 e. The molecule has 0 bridgehead atoms. The van der Waals surface area contributed by atoms with Gasteiger partial charge in [0.2, 0.25) is 5.65 Å². The molecule has 3 heterocycles. The van der Waals surface area contributed by atoms with E-state index in [-0.39, 0.29) is 19.0 Å². The highest BCUT2D eigenvalue weighted by atomic mass is 19.1. The maximum Gasteiger partial charge on any atom is 0.221 e. The lowest BCUT2D eigenvalue weighted by molar-refractivity contribution is -0.0889.